The molecule has 0 bridgehead atoms. The molecule has 0 aromatic carbocycles. The van der Waals surface area contributed by atoms with Crippen LogP contribution in [-0.4, -0.2) is 11.2 Å². The lowest BCUT2D eigenvalue weighted by molar-refractivity contribution is 0.00944. The van der Waals surface area contributed by atoms with Crippen LogP contribution in [0.25, 0.3) is 0 Å². The SMILES string of the molecule is C[C@]12CC[C@H]3[C@@H](CC=C4C[C@@H](O)CC[C@@H]43)[C@@H]1CC(F)=C2N. The Bertz CT molecular complexity index is 525. The summed E-state index contributed by atoms with van der Waals surface area (Å²) < 4.78 is 14.1. The summed E-state index contributed by atoms with van der Waals surface area (Å²) in [5, 5.41) is 9.89. The van der Waals surface area contributed by atoms with Crippen molar-refractivity contribution in [3.05, 3.63) is 23.2 Å². The maximum absolute atomic E-state index is 14.1. The summed E-state index contributed by atoms with van der Waals surface area (Å²) in [5.41, 5.74) is 8.01. The average molecular weight is 291 g/mol. The van der Waals surface area contributed by atoms with Crippen LogP contribution in [0.5, 0.6) is 0 Å². The third-order valence-corrected chi connectivity index (χ3v) is 7.12. The molecule has 3 N–H and O–H groups in total. The fraction of sp³-hybridized carbons (Fsp3) is 0.778. The molecule has 0 unspecified atom stereocenters. The molecular formula is C18H26FNO. The molecule has 4 aliphatic rings. The van der Waals surface area contributed by atoms with Crippen molar-refractivity contribution in [2.45, 2.75) is 58.0 Å². The summed E-state index contributed by atoms with van der Waals surface area (Å²) >= 11 is 0. The van der Waals surface area contributed by atoms with Gasteiger partial charge in [0.1, 0.15) is 5.83 Å². The molecule has 2 nitrogen and oxygen atoms in total. The van der Waals surface area contributed by atoms with Gasteiger partial charge in [0.25, 0.3) is 0 Å². The average Bonchev–Trinajstić information content (AvgIpc) is 2.70. The van der Waals surface area contributed by atoms with Crippen LogP contribution in [0.1, 0.15) is 51.9 Å². The van der Waals surface area contributed by atoms with Crippen LogP contribution < -0.4 is 5.73 Å². The quantitative estimate of drug-likeness (QED) is 0.669. The van der Waals surface area contributed by atoms with Gasteiger partial charge >= 0.3 is 0 Å². The first-order valence-electron chi connectivity index (χ1n) is 8.52. The monoisotopic (exact) mass is 291 g/mol. The van der Waals surface area contributed by atoms with E-state index in [0.717, 1.165) is 32.1 Å². The van der Waals surface area contributed by atoms with Gasteiger partial charge in [0.2, 0.25) is 0 Å². The van der Waals surface area contributed by atoms with E-state index < -0.39 is 0 Å². The van der Waals surface area contributed by atoms with Gasteiger partial charge in [0.15, 0.2) is 0 Å². The first-order valence-corrected chi connectivity index (χ1v) is 8.52. The third kappa shape index (κ3) is 1.86. The van der Waals surface area contributed by atoms with E-state index in [0.29, 0.717) is 35.8 Å². The molecule has 0 aliphatic heterocycles. The van der Waals surface area contributed by atoms with E-state index in [1.807, 2.05) is 0 Å². The minimum absolute atomic E-state index is 0.0445. The number of aliphatic hydroxyl groups excluding tert-OH is 1. The first-order chi connectivity index (χ1) is 10.0. The fourth-order valence-corrected chi connectivity index (χ4v) is 5.89. The predicted molar refractivity (Wildman–Crippen MR) is 80.8 cm³/mol. The summed E-state index contributed by atoms with van der Waals surface area (Å²) in [4.78, 5) is 0. The van der Waals surface area contributed by atoms with Crippen LogP contribution in [0.15, 0.2) is 23.2 Å². The van der Waals surface area contributed by atoms with Crippen LogP contribution in [-0.2, 0) is 0 Å². The number of nitrogens with two attached hydrogens (primary N) is 1. The molecule has 4 aliphatic carbocycles. The molecule has 3 heteroatoms. The van der Waals surface area contributed by atoms with E-state index in [2.05, 4.69) is 13.0 Å². The fourth-order valence-electron chi connectivity index (χ4n) is 5.89. The van der Waals surface area contributed by atoms with E-state index >= 15 is 0 Å². The van der Waals surface area contributed by atoms with Crippen LogP contribution in [0, 0.1) is 29.1 Å². The third-order valence-electron chi connectivity index (χ3n) is 7.12. The molecule has 116 valence electrons. The molecule has 0 radical (unpaired) electrons. The summed E-state index contributed by atoms with van der Waals surface area (Å²) in [6, 6.07) is 0. The molecule has 0 amide bonds. The van der Waals surface area contributed by atoms with Crippen LogP contribution >= 0.6 is 0 Å². The van der Waals surface area contributed by atoms with Gasteiger partial charge < -0.3 is 10.8 Å². The molecule has 4 rings (SSSR count). The minimum Gasteiger partial charge on any atom is -0.400 e. The topological polar surface area (TPSA) is 46.2 Å². The van der Waals surface area contributed by atoms with E-state index in [-0.39, 0.29) is 17.3 Å². The highest BCUT2D eigenvalue weighted by molar-refractivity contribution is 5.28. The molecule has 21 heavy (non-hydrogen) atoms. The highest BCUT2D eigenvalue weighted by Gasteiger charge is 2.54. The standard InChI is InChI=1S/C18H26FNO/c1-18-7-6-13-12-5-3-11(21)8-10(12)2-4-14(13)15(18)9-16(19)17(18)20/h2,11-15,21H,3-9,20H2,1H3/t11-,12-,13+,14+,15-,18-/m0/s1. The second-order valence-electron chi connectivity index (χ2n) is 7.97. The zero-order chi connectivity index (χ0) is 14.8. The molecule has 0 aromatic rings. The summed E-state index contributed by atoms with van der Waals surface area (Å²) in [7, 11) is 0. The van der Waals surface area contributed by atoms with Crippen LogP contribution in [0.2, 0.25) is 0 Å². The van der Waals surface area contributed by atoms with E-state index in [1.165, 1.54) is 12.0 Å². The lowest BCUT2D eigenvalue weighted by atomic mass is 9.52. The van der Waals surface area contributed by atoms with Gasteiger partial charge in [-0.2, -0.15) is 0 Å². The summed E-state index contributed by atoms with van der Waals surface area (Å²) in [5.74, 6) is 2.26. The van der Waals surface area contributed by atoms with Gasteiger partial charge in [-0.05, 0) is 62.2 Å². The van der Waals surface area contributed by atoms with Crippen molar-refractivity contribution in [3.63, 3.8) is 0 Å². The Morgan fingerprint density at radius 3 is 2.86 bits per heavy atom. The molecule has 0 spiro atoms. The number of hydrogen-bond acceptors (Lipinski definition) is 2. The molecule has 0 aromatic heterocycles. The Hall–Kier alpha value is -0.830. The molecular weight excluding hydrogens is 265 g/mol. The van der Waals surface area contributed by atoms with Gasteiger partial charge in [0.05, 0.1) is 6.10 Å². The number of rotatable bonds is 0. The minimum atomic E-state index is -0.140. The summed E-state index contributed by atoms with van der Waals surface area (Å²) in [6.45, 7) is 2.18. The van der Waals surface area contributed by atoms with E-state index in [9.17, 15) is 9.50 Å². The van der Waals surface area contributed by atoms with Gasteiger partial charge in [0, 0.05) is 17.5 Å². The van der Waals surface area contributed by atoms with Crippen molar-refractivity contribution in [2.24, 2.45) is 34.8 Å². The Balaban J connectivity index is 1.64. The van der Waals surface area contributed by atoms with Crippen molar-refractivity contribution in [2.75, 3.05) is 0 Å². The lowest BCUT2D eigenvalue weighted by Gasteiger charge is -2.52. The van der Waals surface area contributed by atoms with Crippen LogP contribution in [0.4, 0.5) is 4.39 Å². The van der Waals surface area contributed by atoms with Crippen LogP contribution in [0.3, 0.4) is 0 Å². The Labute approximate surface area is 126 Å². The van der Waals surface area contributed by atoms with Gasteiger partial charge in [-0.25, -0.2) is 4.39 Å². The first kappa shape index (κ1) is 13.8. The number of aliphatic hydroxyl groups is 1. The number of allylic oxidation sites excluding steroid dienone is 3. The smallest absolute Gasteiger partial charge is 0.119 e. The second-order valence-corrected chi connectivity index (χ2v) is 7.97. The molecule has 6 atom stereocenters. The highest BCUT2D eigenvalue weighted by atomic mass is 19.1. The molecule has 2 fully saturated rings. The number of fused-ring (bicyclic) bond motifs is 5. The van der Waals surface area contributed by atoms with E-state index in [4.69, 9.17) is 5.73 Å². The van der Waals surface area contributed by atoms with Crippen molar-refractivity contribution in [1.82, 2.24) is 0 Å². The van der Waals surface area contributed by atoms with Gasteiger partial charge in [-0.3, -0.25) is 0 Å². The number of hydrogen-bond donors (Lipinski definition) is 2. The Morgan fingerprint density at radius 2 is 2.05 bits per heavy atom. The molecule has 0 saturated heterocycles. The van der Waals surface area contributed by atoms with Gasteiger partial charge in [-0.15, -0.1) is 0 Å². The zero-order valence-corrected chi connectivity index (χ0v) is 12.8. The highest BCUT2D eigenvalue weighted by Crippen LogP contribution is 2.62. The molecule has 0 heterocycles. The van der Waals surface area contributed by atoms with Gasteiger partial charge in [-0.1, -0.05) is 18.6 Å². The lowest BCUT2D eigenvalue weighted by Crippen LogP contribution is -2.46. The summed E-state index contributed by atoms with van der Waals surface area (Å²) in [6.07, 6.45) is 8.96. The zero-order valence-electron chi connectivity index (χ0n) is 12.8. The maximum atomic E-state index is 14.1. The molecule has 2 saturated carbocycles. The Morgan fingerprint density at radius 1 is 1.24 bits per heavy atom. The maximum Gasteiger partial charge on any atom is 0.119 e. The predicted octanol–water partition coefficient (Wildman–Crippen LogP) is 3.67. The normalized spacial score (nSPS) is 49.3. The number of halogens is 1. The largest absolute Gasteiger partial charge is 0.400 e. The van der Waals surface area contributed by atoms with Crippen molar-refractivity contribution < 1.29 is 9.50 Å². The Kier molecular flexibility index (Phi) is 3.01. The van der Waals surface area contributed by atoms with E-state index in [1.54, 1.807) is 0 Å². The van der Waals surface area contributed by atoms with Crippen molar-refractivity contribution in [3.8, 4) is 0 Å². The van der Waals surface area contributed by atoms with Crippen molar-refractivity contribution in [1.29, 1.82) is 0 Å². The van der Waals surface area contributed by atoms with Crippen molar-refractivity contribution >= 4 is 0 Å². The second kappa shape index (κ2) is 4.58.